The third kappa shape index (κ3) is 8.85. The number of carbonyl (C=O) groups is 1. The average Bonchev–Trinajstić information content (AvgIpc) is 3.47. The second-order valence-electron chi connectivity index (χ2n) is 13.1. The van der Waals surface area contributed by atoms with E-state index < -0.39 is 0 Å². The minimum Gasteiger partial charge on any atom is -0.512 e. The van der Waals surface area contributed by atoms with E-state index in [9.17, 15) is 9.90 Å². The van der Waals surface area contributed by atoms with Gasteiger partial charge in [-0.25, -0.2) is 0 Å². The maximum absolute atomic E-state index is 11.8. The number of nitrogens with zero attached hydrogens (tertiary/aromatic N) is 1. The number of pyridine rings is 1. The van der Waals surface area contributed by atoms with Crippen LogP contribution in [0.5, 0.6) is 0 Å². The molecule has 1 radical (unpaired) electrons. The van der Waals surface area contributed by atoms with Gasteiger partial charge >= 0.3 is 0 Å². The molecule has 41 heavy (non-hydrogen) atoms. The van der Waals surface area contributed by atoms with E-state index in [2.05, 4.69) is 68.2 Å². The van der Waals surface area contributed by atoms with Gasteiger partial charge in [-0.1, -0.05) is 93.4 Å². The van der Waals surface area contributed by atoms with Gasteiger partial charge in [0.25, 0.3) is 0 Å². The van der Waals surface area contributed by atoms with E-state index in [-0.39, 0.29) is 42.5 Å². The normalized spacial score (nSPS) is 15.2. The van der Waals surface area contributed by atoms with Gasteiger partial charge in [0.15, 0.2) is 5.78 Å². The molecule has 1 saturated carbocycles. The van der Waals surface area contributed by atoms with E-state index in [4.69, 9.17) is 0 Å². The van der Waals surface area contributed by atoms with E-state index in [1.807, 2.05) is 47.7 Å². The summed E-state index contributed by atoms with van der Waals surface area (Å²) in [6, 6.07) is 16.9. The summed E-state index contributed by atoms with van der Waals surface area (Å²) in [5.74, 6) is 1.70. The fourth-order valence-electron chi connectivity index (χ4n) is 5.32. The molecule has 225 valence electrons. The first-order valence-corrected chi connectivity index (χ1v) is 15.1. The summed E-state index contributed by atoms with van der Waals surface area (Å²) >= 11 is 0. The summed E-state index contributed by atoms with van der Waals surface area (Å²) in [6.07, 6.45) is 10.5. The number of aliphatic hydroxyl groups excluding tert-OH is 1. The maximum Gasteiger partial charge on any atom is 0.164 e. The number of benzene rings is 2. The predicted molar refractivity (Wildman–Crippen MR) is 170 cm³/mol. The van der Waals surface area contributed by atoms with E-state index in [1.165, 1.54) is 59.2 Å². The number of aromatic nitrogens is 1. The summed E-state index contributed by atoms with van der Waals surface area (Å²) < 4.78 is 0. The van der Waals surface area contributed by atoms with E-state index >= 15 is 0 Å². The van der Waals surface area contributed by atoms with Crippen LogP contribution in [-0.4, -0.2) is 15.9 Å². The van der Waals surface area contributed by atoms with Crippen LogP contribution in [0.3, 0.4) is 0 Å². The van der Waals surface area contributed by atoms with Crippen LogP contribution in [0.15, 0.2) is 54.4 Å². The molecule has 1 unspecified atom stereocenters. The number of carbonyl (C=O) groups excluding carboxylic acids is 1. The molecule has 0 aliphatic heterocycles. The van der Waals surface area contributed by atoms with E-state index in [0.29, 0.717) is 5.92 Å². The molecule has 1 heterocycles. The minimum absolute atomic E-state index is 0. The Hall–Kier alpha value is -2.29. The van der Waals surface area contributed by atoms with Gasteiger partial charge in [-0.05, 0) is 65.6 Å². The van der Waals surface area contributed by atoms with Crippen molar-refractivity contribution in [3.63, 3.8) is 0 Å². The fraction of sp³-hybridized carbons (Fsp3) is 0.514. The van der Waals surface area contributed by atoms with E-state index in [0.717, 1.165) is 30.0 Å². The van der Waals surface area contributed by atoms with Crippen molar-refractivity contribution < 1.29 is 30.0 Å². The van der Waals surface area contributed by atoms with Crippen LogP contribution in [0.1, 0.15) is 110 Å². The van der Waals surface area contributed by atoms with Gasteiger partial charge in [0.2, 0.25) is 0 Å². The van der Waals surface area contributed by atoms with Crippen molar-refractivity contribution in [3.8, 4) is 11.3 Å². The van der Waals surface area contributed by atoms with Crippen molar-refractivity contribution >= 4 is 16.6 Å². The largest absolute Gasteiger partial charge is 0.512 e. The Bertz CT molecular complexity index is 1330. The first-order chi connectivity index (χ1) is 18.8. The van der Waals surface area contributed by atoms with Gasteiger partial charge in [-0.15, -0.1) is 34.9 Å². The Kier molecular flexibility index (Phi) is 12.6. The van der Waals surface area contributed by atoms with Crippen molar-refractivity contribution in [3.05, 3.63) is 77.2 Å². The molecular formula is C37H50IrNO2-. The number of aliphatic hydroxyl groups is 1. The second kappa shape index (κ2) is 14.7. The van der Waals surface area contributed by atoms with Crippen LogP contribution in [0, 0.1) is 36.7 Å². The predicted octanol–water partition coefficient (Wildman–Crippen LogP) is 10.5. The maximum atomic E-state index is 11.8. The smallest absolute Gasteiger partial charge is 0.164 e. The number of fused-ring (bicyclic) bond motifs is 1. The Morgan fingerprint density at radius 2 is 1.66 bits per heavy atom. The molecule has 1 atom stereocenters. The first-order valence-electron chi connectivity index (χ1n) is 15.1. The molecule has 4 rings (SSSR count). The zero-order chi connectivity index (χ0) is 29.7. The van der Waals surface area contributed by atoms with Crippen molar-refractivity contribution in [1.82, 2.24) is 4.98 Å². The van der Waals surface area contributed by atoms with Gasteiger partial charge in [0.1, 0.15) is 5.76 Å². The van der Waals surface area contributed by atoms with Gasteiger partial charge in [-0.3, -0.25) is 4.79 Å². The molecule has 1 aliphatic rings. The molecule has 0 bridgehead atoms. The molecule has 4 heteroatoms. The SMILES string of the molecule is CCC(C)(C)C(=O)C=C(O)C(C)(C)CC.Cc1[c-]c(-c2nccc3cc(C(C)C4CCCC4)ccc23)cc(C)c1.[Ir]. The van der Waals surface area contributed by atoms with Gasteiger partial charge in [-0.2, -0.15) is 0 Å². The minimum atomic E-state index is -0.377. The molecule has 1 aromatic heterocycles. The summed E-state index contributed by atoms with van der Waals surface area (Å²) in [5.41, 5.74) is 5.36. The molecule has 1 aliphatic carbocycles. The second-order valence-corrected chi connectivity index (χ2v) is 13.1. The van der Waals surface area contributed by atoms with Crippen LogP contribution in [0.25, 0.3) is 22.0 Å². The van der Waals surface area contributed by atoms with Crippen molar-refractivity contribution in [2.24, 2.45) is 16.7 Å². The third-order valence-corrected chi connectivity index (χ3v) is 9.22. The number of hydrogen-bond donors (Lipinski definition) is 1. The van der Waals surface area contributed by atoms with Crippen LogP contribution < -0.4 is 0 Å². The van der Waals surface area contributed by atoms with Gasteiger partial charge in [0, 0.05) is 43.2 Å². The van der Waals surface area contributed by atoms with Crippen molar-refractivity contribution in [1.29, 1.82) is 0 Å². The standard InChI is InChI=1S/C24H26N.C13H24O2.Ir/c1-16-12-17(2)14-22(13-16)24-23-9-8-20(15-21(23)10-11-25-24)18(3)19-6-4-5-7-19;1-7-12(3,4)10(14)9-11(15)13(5,6)8-2;/h8-13,15,18-19H,4-7H2,1-3H3;9,14H,7-8H2,1-6H3;/q-1;;. The molecule has 3 nitrogen and oxygen atoms in total. The Labute approximate surface area is 262 Å². The number of allylic oxidation sites excluding steroid dienone is 2. The number of rotatable bonds is 8. The molecule has 1 N–H and O–H groups in total. The average molecular weight is 733 g/mol. The quantitative estimate of drug-likeness (QED) is 0.143. The number of aryl methyl sites for hydroxylation is 2. The zero-order valence-electron chi connectivity index (χ0n) is 26.7. The molecule has 0 amide bonds. The Morgan fingerprint density at radius 3 is 2.24 bits per heavy atom. The van der Waals surface area contributed by atoms with Crippen LogP contribution in [0.2, 0.25) is 0 Å². The fourth-order valence-corrected chi connectivity index (χ4v) is 5.32. The summed E-state index contributed by atoms with van der Waals surface area (Å²) in [5, 5.41) is 12.4. The van der Waals surface area contributed by atoms with E-state index in [1.54, 1.807) is 0 Å². The first kappa shape index (κ1) is 34.9. The van der Waals surface area contributed by atoms with Crippen LogP contribution >= 0.6 is 0 Å². The van der Waals surface area contributed by atoms with Crippen molar-refractivity contribution in [2.45, 2.75) is 107 Å². The molecule has 0 saturated heterocycles. The monoisotopic (exact) mass is 733 g/mol. The zero-order valence-corrected chi connectivity index (χ0v) is 29.0. The van der Waals surface area contributed by atoms with Crippen molar-refractivity contribution in [2.75, 3.05) is 0 Å². The summed E-state index contributed by atoms with van der Waals surface area (Å²) in [4.78, 5) is 16.5. The molecule has 3 aromatic rings. The summed E-state index contributed by atoms with van der Waals surface area (Å²) in [6.45, 7) is 18.3. The summed E-state index contributed by atoms with van der Waals surface area (Å²) in [7, 11) is 0. The third-order valence-electron chi connectivity index (χ3n) is 9.22. The Morgan fingerprint density at radius 1 is 1.02 bits per heavy atom. The molecule has 1 fully saturated rings. The molecular weight excluding hydrogens is 683 g/mol. The van der Waals surface area contributed by atoms with Gasteiger partial charge < -0.3 is 10.1 Å². The van der Waals surface area contributed by atoms with Crippen LogP contribution in [0.4, 0.5) is 0 Å². The van der Waals surface area contributed by atoms with Crippen LogP contribution in [-0.2, 0) is 24.9 Å². The topological polar surface area (TPSA) is 50.2 Å². The molecule has 0 spiro atoms. The number of hydrogen-bond acceptors (Lipinski definition) is 3. The molecule has 2 aromatic carbocycles. The number of ketones is 1. The van der Waals surface area contributed by atoms with Gasteiger partial charge in [0.05, 0.1) is 0 Å². The Balaban J connectivity index is 0.000000320.